The van der Waals surface area contributed by atoms with Gasteiger partial charge in [-0.25, -0.2) is 0 Å². The second-order valence-corrected chi connectivity index (χ2v) is 21.1. The Morgan fingerprint density at radius 1 is 0.312 bits per heavy atom. The maximum atomic E-state index is 12.8. The third-order valence-corrected chi connectivity index (χ3v) is 13.5. The molecule has 64 heavy (non-hydrogen) atoms. The van der Waals surface area contributed by atoms with Crippen LogP contribution in [0.5, 0.6) is 0 Å². The molecule has 0 saturated heterocycles. The van der Waals surface area contributed by atoms with Gasteiger partial charge in [0.2, 0.25) is 0 Å². The fourth-order valence-electron chi connectivity index (χ4n) is 8.79. The summed E-state index contributed by atoms with van der Waals surface area (Å²) in [4.78, 5) is 38.1. The third-order valence-electron chi connectivity index (χ3n) is 13.5. The van der Waals surface area contributed by atoms with Crippen molar-refractivity contribution >= 4 is 17.9 Å². The SMILES string of the molecule is CCC(C)CCCCCCCCCCCCC(=O)OC[C@H](COC(=O)CCCCCCCCCCCCCCCCC(C)C)OC(=O)CCCCCCCCCCCCCCC(C)C. The minimum Gasteiger partial charge on any atom is -0.462 e. The van der Waals surface area contributed by atoms with Crippen LogP contribution >= 0.6 is 0 Å². The Labute approximate surface area is 399 Å². The van der Waals surface area contributed by atoms with E-state index in [0.29, 0.717) is 19.3 Å². The molecule has 0 aliphatic heterocycles. The van der Waals surface area contributed by atoms with E-state index in [1.807, 2.05) is 0 Å². The molecule has 0 radical (unpaired) electrons. The molecular weight excluding hydrogens is 793 g/mol. The Balaban J connectivity index is 4.31. The summed E-state index contributed by atoms with van der Waals surface area (Å²) in [5.41, 5.74) is 0. The number of esters is 3. The first-order valence-electron chi connectivity index (χ1n) is 28.6. The smallest absolute Gasteiger partial charge is 0.306 e. The Morgan fingerprint density at radius 3 is 0.812 bits per heavy atom. The van der Waals surface area contributed by atoms with Gasteiger partial charge >= 0.3 is 17.9 Å². The van der Waals surface area contributed by atoms with Gasteiger partial charge < -0.3 is 14.2 Å². The highest BCUT2D eigenvalue weighted by molar-refractivity contribution is 5.71. The number of hydrogen-bond acceptors (Lipinski definition) is 6. The zero-order valence-corrected chi connectivity index (χ0v) is 44.1. The number of ether oxygens (including phenoxy) is 3. The molecule has 0 saturated carbocycles. The van der Waals surface area contributed by atoms with Gasteiger partial charge in [-0.3, -0.25) is 14.4 Å². The summed E-state index contributed by atoms with van der Waals surface area (Å²) in [6.45, 7) is 13.8. The highest BCUT2D eigenvalue weighted by Crippen LogP contribution is 2.19. The van der Waals surface area contributed by atoms with Crippen LogP contribution in [0.4, 0.5) is 0 Å². The Bertz CT molecular complexity index is 993. The van der Waals surface area contributed by atoms with Crippen LogP contribution in [0, 0.1) is 17.8 Å². The first kappa shape index (κ1) is 62.4. The molecule has 0 fully saturated rings. The minimum absolute atomic E-state index is 0.0637. The van der Waals surface area contributed by atoms with Crippen molar-refractivity contribution in [3.05, 3.63) is 0 Å². The van der Waals surface area contributed by atoms with Crippen molar-refractivity contribution in [1.82, 2.24) is 0 Å². The van der Waals surface area contributed by atoms with E-state index >= 15 is 0 Å². The van der Waals surface area contributed by atoms with Gasteiger partial charge in [-0.1, -0.05) is 279 Å². The van der Waals surface area contributed by atoms with Crippen molar-refractivity contribution in [3.8, 4) is 0 Å². The molecule has 0 aromatic carbocycles. The lowest BCUT2D eigenvalue weighted by molar-refractivity contribution is -0.167. The Hall–Kier alpha value is -1.59. The van der Waals surface area contributed by atoms with Gasteiger partial charge in [0.05, 0.1) is 0 Å². The van der Waals surface area contributed by atoms with E-state index in [0.717, 1.165) is 75.5 Å². The predicted octanol–water partition coefficient (Wildman–Crippen LogP) is 18.7. The lowest BCUT2D eigenvalue weighted by atomic mass is 9.99. The van der Waals surface area contributed by atoms with E-state index in [1.54, 1.807) is 0 Å². The summed E-state index contributed by atoms with van der Waals surface area (Å²) in [6, 6.07) is 0. The number of carbonyl (C=O) groups is 3. The van der Waals surface area contributed by atoms with Crippen LogP contribution in [0.25, 0.3) is 0 Å². The van der Waals surface area contributed by atoms with E-state index in [2.05, 4.69) is 41.5 Å². The molecule has 2 atom stereocenters. The fourth-order valence-corrected chi connectivity index (χ4v) is 8.79. The van der Waals surface area contributed by atoms with Crippen molar-refractivity contribution in [1.29, 1.82) is 0 Å². The van der Waals surface area contributed by atoms with Crippen LogP contribution in [0.2, 0.25) is 0 Å². The standard InChI is InChI=1S/C58H112O6/c1-7-54(6)46-40-34-28-22-18-19-24-30-36-42-48-57(60)63-51-55(64-58(61)49-43-37-31-25-17-13-12-15-21-27-33-39-45-53(4)5)50-62-56(59)47-41-35-29-23-16-11-9-8-10-14-20-26-32-38-44-52(2)3/h52-55H,7-51H2,1-6H3/t54?,55-/m0/s1. The molecule has 380 valence electrons. The monoisotopic (exact) mass is 905 g/mol. The summed E-state index contributed by atoms with van der Waals surface area (Å²) in [6.07, 6.45) is 50.8. The lowest BCUT2D eigenvalue weighted by Gasteiger charge is -2.18. The Kier molecular flexibility index (Phi) is 48.1. The van der Waals surface area contributed by atoms with Gasteiger partial charge in [-0.2, -0.15) is 0 Å². The summed E-state index contributed by atoms with van der Waals surface area (Å²) in [7, 11) is 0. The minimum atomic E-state index is -0.764. The predicted molar refractivity (Wildman–Crippen MR) is 275 cm³/mol. The second kappa shape index (κ2) is 49.3. The molecule has 6 nitrogen and oxygen atoms in total. The van der Waals surface area contributed by atoms with Crippen molar-refractivity contribution in [2.75, 3.05) is 13.2 Å². The number of hydrogen-bond donors (Lipinski definition) is 0. The van der Waals surface area contributed by atoms with Crippen molar-refractivity contribution in [2.45, 2.75) is 324 Å². The van der Waals surface area contributed by atoms with Crippen LogP contribution in [-0.2, 0) is 28.6 Å². The summed E-state index contributed by atoms with van der Waals surface area (Å²) in [5.74, 6) is 1.70. The van der Waals surface area contributed by atoms with Gasteiger partial charge in [0.1, 0.15) is 13.2 Å². The first-order valence-corrected chi connectivity index (χ1v) is 28.6. The average molecular weight is 906 g/mol. The van der Waals surface area contributed by atoms with Gasteiger partial charge in [-0.15, -0.1) is 0 Å². The molecule has 0 aliphatic rings. The summed E-state index contributed by atoms with van der Waals surface area (Å²) >= 11 is 0. The molecule has 0 amide bonds. The van der Waals surface area contributed by atoms with Gasteiger partial charge in [0, 0.05) is 19.3 Å². The average Bonchev–Trinajstić information content (AvgIpc) is 3.27. The molecular formula is C58H112O6. The molecule has 0 aromatic heterocycles. The molecule has 0 aliphatic carbocycles. The van der Waals surface area contributed by atoms with Crippen LogP contribution in [-0.4, -0.2) is 37.2 Å². The molecule has 6 heteroatoms. The number of rotatable bonds is 51. The maximum absolute atomic E-state index is 12.8. The molecule has 0 aromatic rings. The van der Waals surface area contributed by atoms with Crippen LogP contribution in [0.1, 0.15) is 318 Å². The normalized spacial score (nSPS) is 12.6. The van der Waals surface area contributed by atoms with E-state index in [9.17, 15) is 14.4 Å². The maximum Gasteiger partial charge on any atom is 0.306 e. The molecule has 0 bridgehead atoms. The molecule has 0 heterocycles. The van der Waals surface area contributed by atoms with Crippen molar-refractivity contribution in [2.24, 2.45) is 17.8 Å². The number of carbonyl (C=O) groups excluding carboxylic acids is 3. The first-order chi connectivity index (χ1) is 31.1. The highest BCUT2D eigenvalue weighted by atomic mass is 16.6. The van der Waals surface area contributed by atoms with Crippen molar-refractivity contribution < 1.29 is 28.6 Å². The quantitative estimate of drug-likeness (QED) is 0.0344. The number of unbranched alkanes of at least 4 members (excludes halogenated alkanes) is 33. The Morgan fingerprint density at radius 2 is 0.547 bits per heavy atom. The molecule has 0 rings (SSSR count). The zero-order valence-electron chi connectivity index (χ0n) is 44.1. The van der Waals surface area contributed by atoms with Crippen LogP contribution in [0.15, 0.2) is 0 Å². The van der Waals surface area contributed by atoms with E-state index in [4.69, 9.17) is 14.2 Å². The van der Waals surface area contributed by atoms with Crippen molar-refractivity contribution in [3.63, 3.8) is 0 Å². The van der Waals surface area contributed by atoms with Crippen LogP contribution in [0.3, 0.4) is 0 Å². The zero-order chi connectivity index (χ0) is 47.0. The van der Waals surface area contributed by atoms with E-state index < -0.39 is 6.10 Å². The molecule has 0 N–H and O–H groups in total. The molecule has 0 spiro atoms. The highest BCUT2D eigenvalue weighted by Gasteiger charge is 2.19. The van der Waals surface area contributed by atoms with E-state index in [-0.39, 0.29) is 31.1 Å². The topological polar surface area (TPSA) is 78.9 Å². The van der Waals surface area contributed by atoms with Gasteiger partial charge in [-0.05, 0) is 37.0 Å². The van der Waals surface area contributed by atoms with Crippen LogP contribution < -0.4 is 0 Å². The van der Waals surface area contributed by atoms with Gasteiger partial charge in [0.15, 0.2) is 6.10 Å². The molecule has 1 unspecified atom stereocenters. The summed E-state index contributed by atoms with van der Waals surface area (Å²) < 4.78 is 16.9. The second-order valence-electron chi connectivity index (χ2n) is 21.1. The van der Waals surface area contributed by atoms with Gasteiger partial charge in [0.25, 0.3) is 0 Å². The largest absolute Gasteiger partial charge is 0.462 e. The lowest BCUT2D eigenvalue weighted by Crippen LogP contribution is -2.30. The van der Waals surface area contributed by atoms with E-state index in [1.165, 1.54) is 199 Å². The fraction of sp³-hybridized carbons (Fsp3) is 0.948. The summed E-state index contributed by atoms with van der Waals surface area (Å²) in [5, 5.41) is 0. The third kappa shape index (κ3) is 49.8.